The molecule has 0 amide bonds. The van der Waals surface area contributed by atoms with Gasteiger partial charge < -0.3 is 0 Å². The summed E-state index contributed by atoms with van der Waals surface area (Å²) in [4.78, 5) is 3.40. The molecule has 2 unspecified atom stereocenters. The highest BCUT2D eigenvalue weighted by Gasteiger charge is 2.35. The van der Waals surface area contributed by atoms with Crippen LogP contribution in [0.5, 0.6) is 0 Å². The van der Waals surface area contributed by atoms with E-state index in [9.17, 15) is 0 Å². The lowest BCUT2D eigenvalue weighted by Crippen LogP contribution is -2.25. The molecule has 0 N–H and O–H groups in total. The van der Waals surface area contributed by atoms with Crippen molar-refractivity contribution in [2.24, 2.45) is 11.8 Å². The largest absolute Gasteiger partial charge is 0.129 e. The van der Waals surface area contributed by atoms with Crippen LogP contribution in [0.2, 0.25) is 0 Å². The van der Waals surface area contributed by atoms with Crippen LogP contribution in [0.4, 0.5) is 0 Å². The molecule has 2 rings (SSSR count). The van der Waals surface area contributed by atoms with E-state index in [4.69, 9.17) is 0 Å². The molecule has 0 bridgehead atoms. The first-order valence-electron chi connectivity index (χ1n) is 3.80. The van der Waals surface area contributed by atoms with Gasteiger partial charge in [-0.2, -0.15) is 0 Å². The summed E-state index contributed by atoms with van der Waals surface area (Å²) >= 11 is 4.17. The lowest BCUT2D eigenvalue weighted by Gasteiger charge is -2.39. The molecule has 2 atom stereocenters. The van der Waals surface area contributed by atoms with Gasteiger partial charge in [0, 0.05) is 11.5 Å². The highest BCUT2D eigenvalue weighted by atomic mass is 32.2. The Labute approximate surface area is 70.8 Å². The molecule has 0 fully saturated rings. The van der Waals surface area contributed by atoms with Crippen molar-refractivity contribution in [1.82, 2.24) is 0 Å². The van der Waals surface area contributed by atoms with E-state index < -0.39 is 0 Å². The van der Waals surface area contributed by atoms with E-state index in [1.54, 1.807) is 9.81 Å². The van der Waals surface area contributed by atoms with Crippen LogP contribution < -0.4 is 0 Å². The highest BCUT2D eigenvalue weighted by molar-refractivity contribution is 8.10. The lowest BCUT2D eigenvalue weighted by molar-refractivity contribution is 0.479. The Morgan fingerprint density at radius 3 is 1.80 bits per heavy atom. The number of hydrogen-bond acceptors (Lipinski definition) is 2. The summed E-state index contributed by atoms with van der Waals surface area (Å²) in [6.07, 6.45) is 0. The fourth-order valence-electron chi connectivity index (χ4n) is 1.52. The molecule has 0 aromatic carbocycles. The van der Waals surface area contributed by atoms with E-state index >= 15 is 0 Å². The Morgan fingerprint density at radius 2 is 1.40 bits per heavy atom. The van der Waals surface area contributed by atoms with E-state index in [0.717, 1.165) is 11.8 Å². The van der Waals surface area contributed by atoms with Crippen LogP contribution in [0.15, 0.2) is 9.81 Å². The molecule has 1 aliphatic heterocycles. The Balaban J connectivity index is 2.21. The number of hydrogen-bond donors (Lipinski definition) is 0. The zero-order valence-electron chi connectivity index (χ0n) is 6.39. The first kappa shape index (κ1) is 7.11. The third-order valence-corrected chi connectivity index (χ3v) is 5.43. The van der Waals surface area contributed by atoms with Crippen LogP contribution in [-0.2, 0) is 0 Å². The summed E-state index contributed by atoms with van der Waals surface area (Å²) in [5.41, 5.74) is 0. The van der Waals surface area contributed by atoms with Gasteiger partial charge in [-0.1, -0.05) is 13.8 Å². The van der Waals surface area contributed by atoms with Crippen LogP contribution in [0.25, 0.3) is 0 Å². The van der Waals surface area contributed by atoms with Gasteiger partial charge in [-0.3, -0.25) is 0 Å². The van der Waals surface area contributed by atoms with Crippen molar-refractivity contribution in [3.8, 4) is 0 Å². The molecule has 0 saturated carbocycles. The quantitative estimate of drug-likeness (QED) is 0.551. The minimum Gasteiger partial charge on any atom is -0.129 e. The Bertz CT molecular complexity index is 164. The lowest BCUT2D eigenvalue weighted by atomic mass is 9.84. The van der Waals surface area contributed by atoms with E-state index in [2.05, 4.69) is 37.4 Å². The summed E-state index contributed by atoms with van der Waals surface area (Å²) in [6, 6.07) is 0. The molecule has 2 heteroatoms. The van der Waals surface area contributed by atoms with Crippen LogP contribution >= 0.6 is 23.5 Å². The molecule has 1 heterocycles. The zero-order valence-corrected chi connectivity index (χ0v) is 8.02. The monoisotopic (exact) mass is 172 g/mol. The van der Waals surface area contributed by atoms with Gasteiger partial charge in [0.25, 0.3) is 0 Å². The summed E-state index contributed by atoms with van der Waals surface area (Å²) in [5, 5.41) is 0. The summed E-state index contributed by atoms with van der Waals surface area (Å²) in [5.74, 6) is 4.40. The maximum absolute atomic E-state index is 2.35. The minimum atomic E-state index is 0.868. The first-order chi connectivity index (χ1) is 4.80. The number of allylic oxidation sites excluding steroid dienone is 2. The molecule has 1 aliphatic carbocycles. The number of thioether (sulfide) groups is 2. The summed E-state index contributed by atoms with van der Waals surface area (Å²) in [7, 11) is 0. The average molecular weight is 172 g/mol. The maximum atomic E-state index is 2.35. The standard InChI is InChI=1S/C8H12S2/c1-5-6(2)8-7(5)9-3-4-10-8/h5-6H,3-4H2,1-2H3. The second-order valence-corrected chi connectivity index (χ2v) is 5.28. The second-order valence-electron chi connectivity index (χ2n) is 3.00. The van der Waals surface area contributed by atoms with Crippen molar-refractivity contribution in [3.05, 3.63) is 9.81 Å². The highest BCUT2D eigenvalue weighted by Crippen LogP contribution is 2.53. The van der Waals surface area contributed by atoms with Gasteiger partial charge >= 0.3 is 0 Å². The first-order valence-corrected chi connectivity index (χ1v) is 5.77. The van der Waals surface area contributed by atoms with Crippen LogP contribution in [-0.4, -0.2) is 11.5 Å². The third kappa shape index (κ3) is 0.850. The average Bonchev–Trinajstić information content (AvgIpc) is 2.03. The molecule has 2 aliphatic rings. The van der Waals surface area contributed by atoms with Gasteiger partial charge in [0.1, 0.15) is 0 Å². The number of rotatable bonds is 0. The SMILES string of the molecule is CC1C2=C(SCCS2)C1C. The van der Waals surface area contributed by atoms with Gasteiger partial charge in [-0.25, -0.2) is 0 Å². The molecule has 0 spiro atoms. The fraction of sp³-hybridized carbons (Fsp3) is 0.750. The molecule has 0 saturated heterocycles. The molecular formula is C8H12S2. The topological polar surface area (TPSA) is 0 Å². The van der Waals surface area contributed by atoms with Gasteiger partial charge in [0.2, 0.25) is 0 Å². The Hall–Kier alpha value is 0.440. The van der Waals surface area contributed by atoms with Crippen molar-refractivity contribution in [1.29, 1.82) is 0 Å². The maximum Gasteiger partial charge on any atom is 0.00716 e. The smallest absolute Gasteiger partial charge is 0.00716 e. The summed E-state index contributed by atoms with van der Waals surface area (Å²) in [6.45, 7) is 4.70. The van der Waals surface area contributed by atoms with Crippen molar-refractivity contribution in [3.63, 3.8) is 0 Å². The molecule has 0 aromatic rings. The zero-order chi connectivity index (χ0) is 7.14. The normalized spacial score (nSPS) is 39.0. The molecule has 0 nitrogen and oxygen atoms in total. The molecule has 56 valence electrons. The minimum absolute atomic E-state index is 0.868. The third-order valence-electron chi connectivity index (χ3n) is 2.42. The summed E-state index contributed by atoms with van der Waals surface area (Å²) < 4.78 is 0. The molecule has 0 aromatic heterocycles. The fourth-order valence-corrected chi connectivity index (χ4v) is 4.57. The predicted molar refractivity (Wildman–Crippen MR) is 50.3 cm³/mol. The van der Waals surface area contributed by atoms with Gasteiger partial charge in [0.05, 0.1) is 0 Å². The van der Waals surface area contributed by atoms with Crippen molar-refractivity contribution in [2.45, 2.75) is 13.8 Å². The van der Waals surface area contributed by atoms with Gasteiger partial charge in [0.15, 0.2) is 0 Å². The van der Waals surface area contributed by atoms with Crippen molar-refractivity contribution in [2.75, 3.05) is 11.5 Å². The molecular weight excluding hydrogens is 160 g/mol. The molecule has 0 radical (unpaired) electrons. The van der Waals surface area contributed by atoms with Gasteiger partial charge in [-0.05, 0) is 21.6 Å². The Morgan fingerprint density at radius 1 is 1.00 bits per heavy atom. The van der Waals surface area contributed by atoms with Gasteiger partial charge in [-0.15, -0.1) is 23.5 Å². The second kappa shape index (κ2) is 2.49. The van der Waals surface area contributed by atoms with Crippen LogP contribution in [0, 0.1) is 11.8 Å². The van der Waals surface area contributed by atoms with Crippen molar-refractivity contribution >= 4 is 23.5 Å². The molecule has 10 heavy (non-hydrogen) atoms. The Kier molecular flexibility index (Phi) is 1.77. The van der Waals surface area contributed by atoms with E-state index in [1.807, 2.05) is 0 Å². The van der Waals surface area contributed by atoms with Crippen molar-refractivity contribution < 1.29 is 0 Å². The van der Waals surface area contributed by atoms with E-state index in [0.29, 0.717) is 0 Å². The van der Waals surface area contributed by atoms with E-state index in [1.165, 1.54) is 11.5 Å². The van der Waals surface area contributed by atoms with E-state index in [-0.39, 0.29) is 0 Å². The van der Waals surface area contributed by atoms with Crippen LogP contribution in [0.3, 0.4) is 0 Å². The predicted octanol–water partition coefficient (Wildman–Crippen LogP) is 2.96. The van der Waals surface area contributed by atoms with Crippen LogP contribution in [0.1, 0.15) is 13.8 Å².